The number of nitrogens with two attached hydrogens (primary N) is 1. The van der Waals surface area contributed by atoms with E-state index in [0.717, 1.165) is 0 Å². The van der Waals surface area contributed by atoms with Crippen molar-refractivity contribution in [2.45, 2.75) is 44.1 Å². The molecule has 25 heavy (non-hydrogen) atoms. The van der Waals surface area contributed by atoms with Crippen LogP contribution in [0.4, 0.5) is 8.78 Å². The number of halogens is 3. The molecule has 8 heteroatoms. The summed E-state index contributed by atoms with van der Waals surface area (Å²) in [4.78, 5) is 15.9. The van der Waals surface area contributed by atoms with Crippen molar-refractivity contribution in [3.63, 3.8) is 0 Å². The van der Waals surface area contributed by atoms with Gasteiger partial charge in [-0.25, -0.2) is 18.4 Å². The van der Waals surface area contributed by atoms with Crippen LogP contribution >= 0.6 is 11.6 Å². The third kappa shape index (κ3) is 2.70. The normalized spacial score (nSPS) is 26.9. The number of primary amides is 1. The van der Waals surface area contributed by atoms with Gasteiger partial charge in [0.1, 0.15) is 12.4 Å². The van der Waals surface area contributed by atoms with Crippen LogP contribution in [0.25, 0.3) is 11.4 Å². The van der Waals surface area contributed by atoms with Crippen LogP contribution in [-0.4, -0.2) is 26.6 Å². The molecule has 1 aromatic carbocycles. The lowest BCUT2D eigenvalue weighted by molar-refractivity contribution is -0.118. The lowest BCUT2D eigenvalue weighted by atomic mass is 10.0. The van der Waals surface area contributed by atoms with E-state index in [2.05, 4.69) is 10.1 Å². The fourth-order valence-electron chi connectivity index (χ4n) is 3.90. The van der Waals surface area contributed by atoms with Gasteiger partial charge in [0, 0.05) is 23.3 Å². The van der Waals surface area contributed by atoms with Crippen molar-refractivity contribution < 1.29 is 13.6 Å². The molecule has 0 radical (unpaired) electrons. The van der Waals surface area contributed by atoms with Crippen molar-refractivity contribution in [1.82, 2.24) is 14.8 Å². The van der Waals surface area contributed by atoms with Crippen LogP contribution in [0, 0.1) is 5.41 Å². The van der Waals surface area contributed by atoms with E-state index in [-0.39, 0.29) is 18.9 Å². The molecule has 2 N–H and O–H groups in total. The first-order valence-electron chi connectivity index (χ1n) is 8.17. The number of carbonyl (C=O) groups excluding carboxylic acids is 1. The molecule has 2 aliphatic carbocycles. The number of carbonyl (C=O) groups is 1. The minimum absolute atomic E-state index is 0.0577. The van der Waals surface area contributed by atoms with Crippen molar-refractivity contribution in [2.75, 3.05) is 0 Å². The molecule has 1 heterocycles. The van der Waals surface area contributed by atoms with Crippen molar-refractivity contribution >= 4 is 17.5 Å². The van der Waals surface area contributed by atoms with Gasteiger partial charge in [-0.15, -0.1) is 0 Å². The predicted molar refractivity (Wildman–Crippen MR) is 88.3 cm³/mol. The molecule has 5 nitrogen and oxygen atoms in total. The van der Waals surface area contributed by atoms with Crippen LogP contribution in [0.15, 0.2) is 24.3 Å². The molecule has 0 bridgehead atoms. The highest BCUT2D eigenvalue weighted by Gasteiger charge is 2.72. The SMILES string of the molecule is NC(=O)Cn1nc(-c2ccccc2Cl)nc1C1CCC2(C1)CC2(F)F. The van der Waals surface area contributed by atoms with Gasteiger partial charge in [0.15, 0.2) is 5.82 Å². The summed E-state index contributed by atoms with van der Waals surface area (Å²) in [5.41, 5.74) is 5.05. The van der Waals surface area contributed by atoms with Gasteiger partial charge < -0.3 is 5.73 Å². The van der Waals surface area contributed by atoms with Gasteiger partial charge in [0.2, 0.25) is 5.91 Å². The minimum atomic E-state index is -2.58. The second kappa shape index (κ2) is 5.49. The first kappa shape index (κ1) is 16.4. The van der Waals surface area contributed by atoms with E-state index in [1.807, 2.05) is 6.07 Å². The molecule has 0 aliphatic heterocycles. The lowest BCUT2D eigenvalue weighted by Crippen LogP contribution is -2.22. The van der Waals surface area contributed by atoms with Gasteiger partial charge in [-0.2, -0.15) is 5.10 Å². The van der Waals surface area contributed by atoms with Gasteiger partial charge in [-0.3, -0.25) is 4.79 Å². The van der Waals surface area contributed by atoms with Gasteiger partial charge in [0.25, 0.3) is 5.92 Å². The largest absolute Gasteiger partial charge is 0.368 e. The van der Waals surface area contributed by atoms with E-state index in [4.69, 9.17) is 17.3 Å². The Morgan fingerprint density at radius 1 is 1.40 bits per heavy atom. The summed E-state index contributed by atoms with van der Waals surface area (Å²) in [6.45, 7) is -0.132. The maximum atomic E-state index is 13.7. The highest BCUT2D eigenvalue weighted by atomic mass is 35.5. The molecule has 2 fully saturated rings. The smallest absolute Gasteiger partial charge is 0.254 e. The molecule has 1 spiro atoms. The average Bonchev–Trinajstić information content (AvgIpc) is 2.88. The molecule has 0 saturated heterocycles. The number of aromatic nitrogens is 3. The Bertz CT molecular complexity index is 853. The summed E-state index contributed by atoms with van der Waals surface area (Å²) < 4.78 is 28.8. The summed E-state index contributed by atoms with van der Waals surface area (Å²) >= 11 is 6.20. The second-order valence-corrected chi connectivity index (χ2v) is 7.41. The Labute approximate surface area is 148 Å². The summed E-state index contributed by atoms with van der Waals surface area (Å²) in [5.74, 6) is -2.38. The summed E-state index contributed by atoms with van der Waals surface area (Å²) in [5, 5.41) is 4.85. The standard InChI is InChI=1S/C17H17ClF2N4O/c18-12-4-2-1-3-11(12)14-22-15(24(23-14)8-13(21)25)10-5-6-16(7-10)9-17(16,19)20/h1-4,10H,5-9H2,(H2,21,25). The van der Waals surface area contributed by atoms with E-state index in [9.17, 15) is 13.6 Å². The molecular formula is C17H17ClF2N4O. The van der Waals surface area contributed by atoms with Gasteiger partial charge >= 0.3 is 0 Å². The fraction of sp³-hybridized carbons (Fsp3) is 0.471. The number of rotatable bonds is 4. The topological polar surface area (TPSA) is 73.8 Å². The van der Waals surface area contributed by atoms with Crippen molar-refractivity contribution in [3.05, 3.63) is 35.1 Å². The third-order valence-electron chi connectivity index (χ3n) is 5.31. The number of hydrogen-bond donors (Lipinski definition) is 1. The maximum Gasteiger partial charge on any atom is 0.254 e. The summed E-state index contributed by atoms with van der Waals surface area (Å²) in [6.07, 6.45) is 1.38. The molecule has 2 aromatic rings. The van der Waals surface area contributed by atoms with Crippen molar-refractivity contribution in [1.29, 1.82) is 0 Å². The summed E-state index contributed by atoms with van der Waals surface area (Å²) in [6, 6.07) is 7.11. The zero-order chi connectivity index (χ0) is 17.8. The second-order valence-electron chi connectivity index (χ2n) is 7.00. The highest BCUT2D eigenvalue weighted by Crippen LogP contribution is 2.70. The number of hydrogen-bond acceptors (Lipinski definition) is 3. The van der Waals surface area contributed by atoms with Crippen LogP contribution < -0.4 is 5.73 Å². The molecule has 1 amide bonds. The van der Waals surface area contributed by atoms with E-state index in [1.54, 1.807) is 18.2 Å². The van der Waals surface area contributed by atoms with E-state index >= 15 is 0 Å². The first-order valence-corrected chi connectivity index (χ1v) is 8.55. The molecule has 2 atom stereocenters. The Hall–Kier alpha value is -2.02. The average molecular weight is 367 g/mol. The van der Waals surface area contributed by atoms with E-state index < -0.39 is 17.2 Å². The van der Waals surface area contributed by atoms with Gasteiger partial charge in [0.05, 0.1) is 5.02 Å². The lowest BCUT2D eigenvalue weighted by Gasteiger charge is -2.11. The predicted octanol–water partition coefficient (Wildman–Crippen LogP) is 3.38. The Morgan fingerprint density at radius 3 is 2.72 bits per heavy atom. The van der Waals surface area contributed by atoms with E-state index in [0.29, 0.717) is 41.5 Å². The molecule has 1 aromatic heterocycles. The van der Waals surface area contributed by atoms with Gasteiger partial charge in [-0.05, 0) is 31.4 Å². The summed E-state index contributed by atoms with van der Waals surface area (Å²) in [7, 11) is 0. The minimum Gasteiger partial charge on any atom is -0.368 e. The fourth-order valence-corrected chi connectivity index (χ4v) is 4.12. The quantitative estimate of drug-likeness (QED) is 0.901. The molecule has 2 unspecified atom stereocenters. The number of amides is 1. The zero-order valence-electron chi connectivity index (χ0n) is 13.4. The van der Waals surface area contributed by atoms with Crippen LogP contribution in [0.1, 0.15) is 37.4 Å². The maximum absolute atomic E-state index is 13.7. The Kier molecular flexibility index (Phi) is 3.61. The molecule has 132 valence electrons. The molecule has 2 aliphatic rings. The first-order chi connectivity index (χ1) is 11.8. The van der Waals surface area contributed by atoms with Crippen molar-refractivity contribution in [3.8, 4) is 11.4 Å². The molecular weight excluding hydrogens is 350 g/mol. The highest BCUT2D eigenvalue weighted by molar-refractivity contribution is 6.33. The van der Waals surface area contributed by atoms with E-state index in [1.165, 1.54) is 4.68 Å². The monoisotopic (exact) mass is 366 g/mol. The number of benzene rings is 1. The van der Waals surface area contributed by atoms with Crippen LogP contribution in [0.3, 0.4) is 0 Å². The van der Waals surface area contributed by atoms with Crippen molar-refractivity contribution in [2.24, 2.45) is 11.1 Å². The Balaban J connectivity index is 1.69. The third-order valence-corrected chi connectivity index (χ3v) is 5.64. The Morgan fingerprint density at radius 2 is 2.12 bits per heavy atom. The van der Waals surface area contributed by atoms with Gasteiger partial charge in [-0.1, -0.05) is 23.7 Å². The number of alkyl halides is 2. The zero-order valence-corrected chi connectivity index (χ0v) is 14.1. The molecule has 4 rings (SSSR count). The number of nitrogens with zero attached hydrogens (tertiary/aromatic N) is 3. The van der Waals surface area contributed by atoms with Crippen LogP contribution in [0.5, 0.6) is 0 Å². The van der Waals surface area contributed by atoms with Crippen LogP contribution in [-0.2, 0) is 11.3 Å². The molecule has 2 saturated carbocycles. The van der Waals surface area contributed by atoms with Crippen LogP contribution in [0.2, 0.25) is 5.02 Å².